The van der Waals surface area contributed by atoms with Crippen molar-refractivity contribution in [2.75, 3.05) is 6.61 Å². The number of carbonyl (C=O) groups excluding carboxylic acids is 2. The van der Waals surface area contributed by atoms with E-state index < -0.39 is 53.5 Å². The molecule has 9 heteroatoms. The van der Waals surface area contributed by atoms with Gasteiger partial charge in [-0.15, -0.1) is 0 Å². The third-order valence-corrected chi connectivity index (χ3v) is 6.76. The molecule has 1 rings (SSSR count). The molecule has 1 aliphatic carbocycles. The molecular weight excluding hydrogens is 423 g/mol. The second kappa shape index (κ2) is 9.61. The molecule has 1 atom stereocenters. The zero-order valence-corrected chi connectivity index (χ0v) is 19.3. The van der Waals surface area contributed by atoms with Gasteiger partial charge in [0.15, 0.2) is 6.61 Å². The SMILES string of the molecule is CCC(C)(C)C(C)(CC(C)C)C(=O)OC1(CC(=O)OCC(F)(F)C(F)(F)F)CCCC1. The average Bonchev–Trinajstić information content (AvgIpc) is 3.06. The first-order valence-electron chi connectivity index (χ1n) is 10.7. The Kier molecular flexibility index (Phi) is 8.56. The molecule has 4 nitrogen and oxygen atoms in total. The number of halogens is 5. The van der Waals surface area contributed by atoms with Gasteiger partial charge >= 0.3 is 24.0 Å². The van der Waals surface area contributed by atoms with Crippen LogP contribution >= 0.6 is 0 Å². The summed E-state index contributed by atoms with van der Waals surface area (Å²) in [6.45, 7) is 9.60. The lowest BCUT2D eigenvalue weighted by Gasteiger charge is -2.45. The normalized spacial score (nSPS) is 19.2. The fourth-order valence-electron chi connectivity index (χ4n) is 4.05. The highest BCUT2D eigenvalue weighted by molar-refractivity contribution is 5.79. The number of ether oxygens (including phenoxy) is 2. The maximum atomic E-state index is 13.4. The molecule has 0 aromatic heterocycles. The van der Waals surface area contributed by atoms with Crippen LogP contribution in [0.25, 0.3) is 0 Å². The van der Waals surface area contributed by atoms with Gasteiger partial charge in [0, 0.05) is 0 Å². The smallest absolute Gasteiger partial charge is 0.456 e. The number of alkyl halides is 5. The first kappa shape index (κ1) is 27.6. The van der Waals surface area contributed by atoms with E-state index in [1.165, 1.54) is 0 Å². The van der Waals surface area contributed by atoms with Crippen molar-refractivity contribution in [1.82, 2.24) is 0 Å². The Bertz CT molecular complexity index is 636. The molecule has 0 N–H and O–H groups in total. The van der Waals surface area contributed by atoms with E-state index in [4.69, 9.17) is 4.74 Å². The van der Waals surface area contributed by atoms with Gasteiger partial charge in [-0.3, -0.25) is 9.59 Å². The number of hydrogen-bond donors (Lipinski definition) is 0. The Morgan fingerprint density at radius 2 is 1.52 bits per heavy atom. The molecule has 0 amide bonds. The van der Waals surface area contributed by atoms with Crippen LogP contribution in [0.1, 0.15) is 86.5 Å². The third-order valence-electron chi connectivity index (χ3n) is 6.76. The van der Waals surface area contributed by atoms with E-state index in [9.17, 15) is 31.5 Å². The summed E-state index contributed by atoms with van der Waals surface area (Å²) in [5.41, 5.74) is -2.52. The van der Waals surface area contributed by atoms with Crippen molar-refractivity contribution in [3.8, 4) is 0 Å². The van der Waals surface area contributed by atoms with Crippen LogP contribution in [0.15, 0.2) is 0 Å². The van der Waals surface area contributed by atoms with Crippen molar-refractivity contribution in [2.45, 2.75) is 104 Å². The van der Waals surface area contributed by atoms with E-state index in [0.29, 0.717) is 38.5 Å². The van der Waals surface area contributed by atoms with Crippen LogP contribution in [0.3, 0.4) is 0 Å². The fraction of sp³-hybridized carbons (Fsp3) is 0.909. The van der Waals surface area contributed by atoms with Crippen molar-refractivity contribution in [1.29, 1.82) is 0 Å². The number of carbonyl (C=O) groups is 2. The van der Waals surface area contributed by atoms with Crippen LogP contribution in [0.5, 0.6) is 0 Å². The predicted octanol–water partition coefficient (Wildman–Crippen LogP) is 6.46. The van der Waals surface area contributed by atoms with Crippen molar-refractivity contribution in [3.63, 3.8) is 0 Å². The summed E-state index contributed by atoms with van der Waals surface area (Å²) in [5, 5.41) is 0. The molecule has 0 aromatic carbocycles. The minimum atomic E-state index is -5.81. The Morgan fingerprint density at radius 1 is 1.00 bits per heavy atom. The van der Waals surface area contributed by atoms with Gasteiger partial charge < -0.3 is 9.47 Å². The number of esters is 2. The zero-order valence-electron chi connectivity index (χ0n) is 19.3. The molecule has 0 saturated heterocycles. The number of rotatable bonds is 10. The van der Waals surface area contributed by atoms with Crippen LogP contribution in [-0.2, 0) is 19.1 Å². The van der Waals surface area contributed by atoms with Crippen molar-refractivity contribution < 1.29 is 41.0 Å². The molecule has 0 aliphatic heterocycles. The van der Waals surface area contributed by atoms with Gasteiger partial charge in [-0.25, -0.2) is 0 Å². The summed E-state index contributed by atoms with van der Waals surface area (Å²) in [6, 6.07) is 0. The van der Waals surface area contributed by atoms with Gasteiger partial charge in [0.1, 0.15) is 5.60 Å². The number of hydrogen-bond acceptors (Lipinski definition) is 4. The van der Waals surface area contributed by atoms with Crippen LogP contribution in [0, 0.1) is 16.7 Å². The molecule has 1 unspecified atom stereocenters. The monoisotopic (exact) mass is 458 g/mol. The Labute approximate surface area is 181 Å². The van der Waals surface area contributed by atoms with Crippen molar-refractivity contribution >= 4 is 11.9 Å². The van der Waals surface area contributed by atoms with Crippen LogP contribution < -0.4 is 0 Å². The largest absolute Gasteiger partial charge is 0.459 e. The minimum Gasteiger partial charge on any atom is -0.459 e. The molecule has 0 aromatic rings. The molecule has 0 spiro atoms. The molecular formula is C22H35F5O4. The second-order valence-electron chi connectivity index (χ2n) is 9.99. The lowest BCUT2D eigenvalue weighted by Crippen LogP contribution is -2.48. The predicted molar refractivity (Wildman–Crippen MR) is 106 cm³/mol. The van der Waals surface area contributed by atoms with Crippen molar-refractivity contribution in [2.24, 2.45) is 16.7 Å². The summed E-state index contributed by atoms with van der Waals surface area (Å²) < 4.78 is 73.2. The van der Waals surface area contributed by atoms with E-state index in [1.54, 1.807) is 0 Å². The summed E-state index contributed by atoms with van der Waals surface area (Å²) in [6.07, 6.45) is -3.15. The highest BCUT2D eigenvalue weighted by Gasteiger charge is 2.58. The van der Waals surface area contributed by atoms with Crippen molar-refractivity contribution in [3.05, 3.63) is 0 Å². The standard InChI is InChI=1S/C22H35F5O4/c1-7-18(4,5)19(6,12-15(2)3)17(29)31-20(10-8-9-11-20)13-16(28)30-14-21(23,24)22(25,26)27/h15H,7-14H2,1-6H3. The topological polar surface area (TPSA) is 52.6 Å². The van der Waals surface area contributed by atoms with E-state index in [2.05, 4.69) is 4.74 Å². The van der Waals surface area contributed by atoms with Gasteiger partial charge in [-0.05, 0) is 56.8 Å². The summed E-state index contributed by atoms with van der Waals surface area (Å²) in [5.74, 6) is -6.66. The van der Waals surface area contributed by atoms with Gasteiger partial charge in [-0.2, -0.15) is 22.0 Å². The van der Waals surface area contributed by atoms with Crippen LogP contribution in [-0.4, -0.2) is 36.2 Å². The summed E-state index contributed by atoms with van der Waals surface area (Å²) in [4.78, 5) is 25.5. The minimum absolute atomic E-state index is 0.192. The second-order valence-corrected chi connectivity index (χ2v) is 9.99. The molecule has 1 saturated carbocycles. The van der Waals surface area contributed by atoms with E-state index >= 15 is 0 Å². The van der Waals surface area contributed by atoms with E-state index in [0.717, 1.165) is 0 Å². The lowest BCUT2D eigenvalue weighted by atomic mass is 9.61. The van der Waals surface area contributed by atoms with E-state index in [-0.39, 0.29) is 5.92 Å². The Balaban J connectivity index is 2.99. The average molecular weight is 459 g/mol. The Hall–Kier alpha value is -1.41. The lowest BCUT2D eigenvalue weighted by molar-refractivity contribution is -0.294. The maximum absolute atomic E-state index is 13.4. The van der Waals surface area contributed by atoms with Gasteiger partial charge in [-0.1, -0.05) is 34.6 Å². The molecule has 1 aliphatic rings. The zero-order chi connectivity index (χ0) is 24.3. The molecule has 0 heterocycles. The maximum Gasteiger partial charge on any atom is 0.456 e. The third kappa shape index (κ3) is 6.54. The Morgan fingerprint density at radius 3 is 1.94 bits per heavy atom. The highest BCUT2D eigenvalue weighted by Crippen LogP contribution is 2.49. The van der Waals surface area contributed by atoms with Crippen LogP contribution in [0.2, 0.25) is 0 Å². The molecule has 0 radical (unpaired) electrons. The highest BCUT2D eigenvalue weighted by atomic mass is 19.4. The van der Waals surface area contributed by atoms with Gasteiger partial charge in [0.2, 0.25) is 0 Å². The molecule has 182 valence electrons. The molecule has 1 fully saturated rings. The summed E-state index contributed by atoms with van der Waals surface area (Å²) in [7, 11) is 0. The first-order chi connectivity index (χ1) is 13.9. The molecule has 31 heavy (non-hydrogen) atoms. The first-order valence-corrected chi connectivity index (χ1v) is 10.7. The van der Waals surface area contributed by atoms with E-state index in [1.807, 2.05) is 41.5 Å². The van der Waals surface area contributed by atoms with Crippen LogP contribution in [0.4, 0.5) is 22.0 Å². The van der Waals surface area contributed by atoms with Gasteiger partial charge in [0.25, 0.3) is 0 Å². The quantitative estimate of drug-likeness (QED) is 0.278. The fourth-order valence-corrected chi connectivity index (χ4v) is 4.05. The van der Waals surface area contributed by atoms with Gasteiger partial charge in [0.05, 0.1) is 11.8 Å². The molecule has 0 bridgehead atoms. The summed E-state index contributed by atoms with van der Waals surface area (Å²) >= 11 is 0.